The summed E-state index contributed by atoms with van der Waals surface area (Å²) in [5.74, 6) is 2.04. The molecule has 1 saturated heterocycles. The molecular formula is C26H36N8O. The Morgan fingerprint density at radius 2 is 2.06 bits per heavy atom. The van der Waals surface area contributed by atoms with Crippen LogP contribution in [0, 0.1) is 0 Å². The number of aromatic nitrogens is 3. The zero-order valence-electron chi connectivity index (χ0n) is 20.5. The number of hydrogen-bond donors (Lipinski definition) is 3. The Hall–Kier alpha value is -3.20. The topological polar surface area (TPSA) is 112 Å². The first-order chi connectivity index (χ1) is 17.1. The third-order valence-corrected chi connectivity index (χ3v) is 7.45. The van der Waals surface area contributed by atoms with E-state index in [-0.39, 0.29) is 17.5 Å². The van der Waals surface area contributed by atoms with Crippen LogP contribution in [0.5, 0.6) is 0 Å². The predicted molar refractivity (Wildman–Crippen MR) is 140 cm³/mol. The smallest absolute Gasteiger partial charge is 0.246 e. The lowest BCUT2D eigenvalue weighted by molar-refractivity contribution is -0.123. The summed E-state index contributed by atoms with van der Waals surface area (Å²) in [6.07, 6.45) is 15.6. The molecule has 35 heavy (non-hydrogen) atoms. The van der Waals surface area contributed by atoms with Gasteiger partial charge in [-0.25, -0.2) is 9.97 Å². The number of carbonyl (C=O) groups excluding carboxylic acids is 1. The molecule has 5 rings (SSSR count). The Bertz CT molecular complexity index is 1060. The van der Waals surface area contributed by atoms with Gasteiger partial charge in [0.1, 0.15) is 17.7 Å². The van der Waals surface area contributed by atoms with Gasteiger partial charge in [0.05, 0.1) is 17.4 Å². The molecule has 1 atom stereocenters. The lowest BCUT2D eigenvalue weighted by Crippen LogP contribution is -2.69. The van der Waals surface area contributed by atoms with Gasteiger partial charge in [0.25, 0.3) is 0 Å². The van der Waals surface area contributed by atoms with Crippen LogP contribution in [0.25, 0.3) is 6.08 Å². The fourth-order valence-electron chi connectivity index (χ4n) is 5.60. The molecule has 2 aromatic heterocycles. The summed E-state index contributed by atoms with van der Waals surface area (Å²) >= 11 is 0. The Balaban J connectivity index is 1.39. The Morgan fingerprint density at radius 1 is 1.20 bits per heavy atom. The van der Waals surface area contributed by atoms with E-state index in [1.54, 1.807) is 0 Å². The van der Waals surface area contributed by atoms with Gasteiger partial charge in [-0.3, -0.25) is 4.79 Å². The SMILES string of the molecule is CCCCN(CCN)c1ccc(Nc2ncc3c(n2)N2C(C=C3)C(=O)NCC23CCCCC3)nc1. The maximum atomic E-state index is 12.8. The van der Waals surface area contributed by atoms with Crippen LogP contribution in [0.3, 0.4) is 0 Å². The molecule has 2 aliphatic heterocycles. The molecule has 0 bridgehead atoms. The highest BCUT2D eigenvalue weighted by Crippen LogP contribution is 2.42. The molecule has 2 aromatic rings. The van der Waals surface area contributed by atoms with Crippen molar-refractivity contribution in [2.24, 2.45) is 5.73 Å². The third-order valence-electron chi connectivity index (χ3n) is 7.45. The largest absolute Gasteiger partial charge is 0.369 e. The second-order valence-corrected chi connectivity index (χ2v) is 9.81. The summed E-state index contributed by atoms with van der Waals surface area (Å²) < 4.78 is 0. The van der Waals surface area contributed by atoms with Gasteiger partial charge in [0.2, 0.25) is 11.9 Å². The highest BCUT2D eigenvalue weighted by Gasteiger charge is 2.49. The number of fused-ring (bicyclic) bond motifs is 4. The van der Waals surface area contributed by atoms with Crippen molar-refractivity contribution < 1.29 is 4.79 Å². The van der Waals surface area contributed by atoms with Crippen LogP contribution in [0.4, 0.5) is 23.3 Å². The van der Waals surface area contributed by atoms with Crippen molar-refractivity contribution >= 4 is 35.3 Å². The minimum absolute atomic E-state index is 0.0404. The summed E-state index contributed by atoms with van der Waals surface area (Å²) in [7, 11) is 0. The highest BCUT2D eigenvalue weighted by molar-refractivity contribution is 5.93. The number of nitrogens with one attached hydrogen (secondary N) is 2. The average Bonchev–Trinajstić information content (AvgIpc) is 2.89. The molecule has 4 heterocycles. The standard InChI is InChI=1S/C26H36N8O/c1-2-3-14-33(15-13-27)20-8-10-22(28-17-20)31-25-29-16-19-7-9-21-24(35)30-18-26(11-5-4-6-12-26)34(21)23(19)32-25/h7-10,16-17,21H,2-6,11-15,18,27H2,1H3,(H,30,35)(H,28,29,31,32). The molecular weight excluding hydrogens is 440 g/mol. The summed E-state index contributed by atoms with van der Waals surface area (Å²) in [6, 6.07) is 3.68. The fraction of sp³-hybridized carbons (Fsp3) is 0.538. The van der Waals surface area contributed by atoms with Crippen LogP contribution in [0.1, 0.15) is 57.4 Å². The molecule has 186 valence electrons. The lowest BCUT2D eigenvalue weighted by Gasteiger charge is -2.54. The van der Waals surface area contributed by atoms with Crippen LogP contribution < -0.4 is 26.2 Å². The number of anilines is 4. The third kappa shape index (κ3) is 4.69. The molecule has 2 fully saturated rings. The van der Waals surface area contributed by atoms with Gasteiger partial charge in [-0.05, 0) is 31.4 Å². The molecule has 9 heteroatoms. The molecule has 1 amide bonds. The first kappa shape index (κ1) is 23.5. The van der Waals surface area contributed by atoms with Gasteiger partial charge in [-0.2, -0.15) is 4.98 Å². The van der Waals surface area contributed by atoms with E-state index in [2.05, 4.69) is 43.4 Å². The van der Waals surface area contributed by atoms with Gasteiger partial charge in [-0.15, -0.1) is 0 Å². The van der Waals surface area contributed by atoms with Gasteiger partial charge in [0.15, 0.2) is 0 Å². The molecule has 1 saturated carbocycles. The quantitative estimate of drug-likeness (QED) is 0.532. The normalized spacial score (nSPS) is 20.2. The van der Waals surface area contributed by atoms with Gasteiger partial charge in [0, 0.05) is 37.9 Å². The second-order valence-electron chi connectivity index (χ2n) is 9.81. The van der Waals surface area contributed by atoms with E-state index in [0.29, 0.717) is 24.9 Å². The van der Waals surface area contributed by atoms with Crippen molar-refractivity contribution in [2.45, 2.75) is 63.5 Å². The van der Waals surface area contributed by atoms with Crippen molar-refractivity contribution in [3.05, 3.63) is 36.2 Å². The summed E-state index contributed by atoms with van der Waals surface area (Å²) in [4.78, 5) is 31.3. The van der Waals surface area contributed by atoms with E-state index in [4.69, 9.17) is 10.7 Å². The molecule has 4 N–H and O–H groups in total. The number of piperazine rings is 1. The Kier molecular flexibility index (Phi) is 6.86. The number of rotatable bonds is 8. The highest BCUT2D eigenvalue weighted by atomic mass is 16.2. The van der Waals surface area contributed by atoms with Crippen LogP contribution in [-0.4, -0.2) is 58.6 Å². The van der Waals surface area contributed by atoms with Crippen molar-refractivity contribution in [1.82, 2.24) is 20.3 Å². The number of carbonyl (C=O) groups is 1. The van der Waals surface area contributed by atoms with E-state index in [9.17, 15) is 4.79 Å². The van der Waals surface area contributed by atoms with E-state index in [1.807, 2.05) is 30.6 Å². The number of hydrogen-bond acceptors (Lipinski definition) is 8. The summed E-state index contributed by atoms with van der Waals surface area (Å²) in [6.45, 7) is 5.24. The van der Waals surface area contributed by atoms with Crippen molar-refractivity contribution in [1.29, 1.82) is 0 Å². The maximum Gasteiger partial charge on any atom is 0.246 e. The van der Waals surface area contributed by atoms with Crippen LogP contribution in [-0.2, 0) is 4.79 Å². The van der Waals surface area contributed by atoms with E-state index >= 15 is 0 Å². The van der Waals surface area contributed by atoms with E-state index < -0.39 is 0 Å². The molecule has 0 radical (unpaired) electrons. The molecule has 0 aromatic carbocycles. The Labute approximate surface area is 207 Å². The minimum Gasteiger partial charge on any atom is -0.369 e. The van der Waals surface area contributed by atoms with Gasteiger partial charge < -0.3 is 26.2 Å². The molecule has 9 nitrogen and oxygen atoms in total. The zero-order chi connectivity index (χ0) is 24.3. The molecule has 1 unspecified atom stereocenters. The van der Waals surface area contributed by atoms with E-state index in [0.717, 1.165) is 55.8 Å². The van der Waals surface area contributed by atoms with E-state index in [1.165, 1.54) is 19.3 Å². The predicted octanol–water partition coefficient (Wildman–Crippen LogP) is 3.21. The zero-order valence-corrected chi connectivity index (χ0v) is 20.5. The number of nitrogens with two attached hydrogens (primary N) is 1. The number of amides is 1. The van der Waals surface area contributed by atoms with Gasteiger partial charge in [-0.1, -0.05) is 44.8 Å². The van der Waals surface area contributed by atoms with Crippen molar-refractivity contribution in [3.8, 4) is 0 Å². The average molecular weight is 477 g/mol. The summed E-state index contributed by atoms with van der Waals surface area (Å²) in [5, 5.41) is 6.42. The van der Waals surface area contributed by atoms with Crippen molar-refractivity contribution in [3.63, 3.8) is 0 Å². The van der Waals surface area contributed by atoms with Crippen LogP contribution in [0.2, 0.25) is 0 Å². The van der Waals surface area contributed by atoms with Crippen LogP contribution in [0.15, 0.2) is 30.6 Å². The lowest BCUT2D eigenvalue weighted by atomic mass is 9.77. The summed E-state index contributed by atoms with van der Waals surface area (Å²) in [5.41, 5.74) is 7.73. The molecule has 3 aliphatic rings. The first-order valence-corrected chi connectivity index (χ1v) is 12.9. The number of pyridine rings is 1. The van der Waals surface area contributed by atoms with Crippen molar-refractivity contribution in [2.75, 3.05) is 41.3 Å². The number of unbranched alkanes of at least 4 members (excludes halogenated alkanes) is 1. The molecule has 1 aliphatic carbocycles. The minimum atomic E-state index is -0.328. The second kappa shape index (κ2) is 10.2. The first-order valence-electron chi connectivity index (χ1n) is 12.9. The monoisotopic (exact) mass is 476 g/mol. The van der Waals surface area contributed by atoms with Gasteiger partial charge >= 0.3 is 0 Å². The Morgan fingerprint density at radius 3 is 2.80 bits per heavy atom. The maximum absolute atomic E-state index is 12.8. The molecule has 1 spiro atoms. The van der Waals surface area contributed by atoms with Crippen LogP contribution >= 0.6 is 0 Å². The number of nitrogens with zero attached hydrogens (tertiary/aromatic N) is 5. The fourth-order valence-corrected chi connectivity index (χ4v) is 5.60.